The summed E-state index contributed by atoms with van der Waals surface area (Å²) in [7, 11) is 1.65. The molecule has 0 bridgehead atoms. The molecule has 1 aromatic rings. The van der Waals surface area contributed by atoms with Gasteiger partial charge in [-0.2, -0.15) is 4.98 Å². The van der Waals surface area contributed by atoms with E-state index in [2.05, 4.69) is 29.3 Å². The third kappa shape index (κ3) is 2.45. The van der Waals surface area contributed by atoms with Crippen LogP contribution in [0.5, 0.6) is 0 Å². The summed E-state index contributed by atoms with van der Waals surface area (Å²) in [6.07, 6.45) is -0.105. The number of rotatable bonds is 5. The number of aromatic nitrogens is 2. The van der Waals surface area contributed by atoms with Crippen LogP contribution in [0.4, 0.5) is 6.01 Å². The molecule has 80 valence electrons. The van der Waals surface area contributed by atoms with E-state index < -0.39 is 0 Å². The van der Waals surface area contributed by atoms with Crippen molar-refractivity contribution in [3.63, 3.8) is 0 Å². The molecule has 0 fully saturated rings. The molecular formula is C9H17N3O2. The summed E-state index contributed by atoms with van der Waals surface area (Å²) in [6.45, 7) is 6.84. The van der Waals surface area contributed by atoms with Crippen molar-refractivity contribution >= 4 is 6.01 Å². The molecule has 0 aliphatic carbocycles. The maximum Gasteiger partial charge on any atom is 0.321 e. The summed E-state index contributed by atoms with van der Waals surface area (Å²) in [6, 6.07) is 0.449. The molecule has 14 heavy (non-hydrogen) atoms. The Hall–Kier alpha value is -1.10. The maximum atomic E-state index is 5.28. The number of methoxy groups -OCH3 is 1. The molecule has 1 rings (SSSR count). The van der Waals surface area contributed by atoms with Crippen molar-refractivity contribution in [3.05, 3.63) is 5.82 Å². The Morgan fingerprint density at radius 2 is 2.21 bits per heavy atom. The summed E-state index contributed by atoms with van der Waals surface area (Å²) in [4.78, 5) is 4.18. The Morgan fingerprint density at radius 3 is 2.71 bits per heavy atom. The van der Waals surface area contributed by atoms with Gasteiger partial charge in [-0.15, -0.1) is 0 Å². The van der Waals surface area contributed by atoms with Crippen molar-refractivity contribution in [1.29, 1.82) is 0 Å². The van der Waals surface area contributed by atoms with E-state index in [9.17, 15) is 0 Å². The summed E-state index contributed by atoms with van der Waals surface area (Å²) >= 11 is 0. The van der Waals surface area contributed by atoms with Crippen molar-refractivity contribution in [2.45, 2.75) is 26.9 Å². The smallest absolute Gasteiger partial charge is 0.321 e. The van der Waals surface area contributed by atoms with Gasteiger partial charge in [0.25, 0.3) is 0 Å². The lowest BCUT2D eigenvalue weighted by atomic mass is 10.1. The highest BCUT2D eigenvalue weighted by Gasteiger charge is 2.20. The lowest BCUT2D eigenvalue weighted by Crippen LogP contribution is -2.10. The highest BCUT2D eigenvalue weighted by molar-refractivity contribution is 5.18. The van der Waals surface area contributed by atoms with E-state index in [1.807, 2.05) is 6.92 Å². The van der Waals surface area contributed by atoms with Gasteiger partial charge in [0.05, 0.1) is 0 Å². The van der Waals surface area contributed by atoms with Crippen LogP contribution in [0.25, 0.3) is 0 Å². The van der Waals surface area contributed by atoms with Gasteiger partial charge in [0.1, 0.15) is 6.10 Å². The largest absolute Gasteiger partial charge is 0.373 e. The van der Waals surface area contributed by atoms with Crippen molar-refractivity contribution in [1.82, 2.24) is 10.1 Å². The Morgan fingerprint density at radius 1 is 1.50 bits per heavy atom. The van der Waals surface area contributed by atoms with Gasteiger partial charge in [-0.05, 0) is 12.8 Å². The van der Waals surface area contributed by atoms with Gasteiger partial charge in [0, 0.05) is 13.7 Å². The predicted molar refractivity (Wildman–Crippen MR) is 53.0 cm³/mol. The van der Waals surface area contributed by atoms with E-state index in [4.69, 9.17) is 9.26 Å². The van der Waals surface area contributed by atoms with Gasteiger partial charge in [-0.1, -0.05) is 19.0 Å². The Balaban J connectivity index is 2.73. The van der Waals surface area contributed by atoms with E-state index in [0.29, 0.717) is 17.8 Å². The molecular weight excluding hydrogens is 182 g/mol. The van der Waals surface area contributed by atoms with Crippen molar-refractivity contribution in [3.8, 4) is 0 Å². The molecule has 1 heterocycles. The quantitative estimate of drug-likeness (QED) is 0.784. The average Bonchev–Trinajstić information content (AvgIpc) is 2.54. The van der Waals surface area contributed by atoms with Crippen LogP contribution < -0.4 is 5.32 Å². The number of nitrogens with zero attached hydrogens (tertiary/aromatic N) is 2. The minimum atomic E-state index is -0.105. The average molecular weight is 199 g/mol. The van der Waals surface area contributed by atoms with Crippen LogP contribution in [0.3, 0.4) is 0 Å². The van der Waals surface area contributed by atoms with Gasteiger partial charge >= 0.3 is 6.01 Å². The van der Waals surface area contributed by atoms with Gasteiger partial charge < -0.3 is 14.6 Å². The molecule has 0 aliphatic heterocycles. The molecule has 0 amide bonds. The summed E-state index contributed by atoms with van der Waals surface area (Å²) in [5, 5.41) is 6.80. The molecule has 0 aromatic carbocycles. The highest BCUT2D eigenvalue weighted by Crippen LogP contribution is 2.22. The number of hydrogen-bond acceptors (Lipinski definition) is 5. The van der Waals surface area contributed by atoms with E-state index in [1.165, 1.54) is 0 Å². The molecule has 5 nitrogen and oxygen atoms in total. The topological polar surface area (TPSA) is 60.2 Å². The van der Waals surface area contributed by atoms with E-state index in [1.54, 1.807) is 7.11 Å². The summed E-state index contributed by atoms with van der Waals surface area (Å²) in [5.41, 5.74) is 0. The molecule has 0 aliphatic rings. The zero-order chi connectivity index (χ0) is 10.6. The molecule has 0 saturated heterocycles. The van der Waals surface area contributed by atoms with Gasteiger partial charge in [-0.3, -0.25) is 0 Å². The second-order valence-electron chi connectivity index (χ2n) is 3.39. The van der Waals surface area contributed by atoms with E-state index >= 15 is 0 Å². The zero-order valence-electron chi connectivity index (χ0n) is 9.07. The molecule has 1 aromatic heterocycles. The maximum absolute atomic E-state index is 5.28. The Bertz CT molecular complexity index is 273. The lowest BCUT2D eigenvalue weighted by molar-refractivity contribution is 0.0556. The van der Waals surface area contributed by atoms with Gasteiger partial charge in [0.2, 0.25) is 5.82 Å². The van der Waals surface area contributed by atoms with Crippen LogP contribution in [-0.2, 0) is 4.74 Å². The second kappa shape index (κ2) is 4.95. The lowest BCUT2D eigenvalue weighted by Gasteiger charge is -2.14. The van der Waals surface area contributed by atoms with Gasteiger partial charge in [-0.25, -0.2) is 0 Å². The normalized spacial score (nSPS) is 13.2. The SMILES string of the molecule is CCNc1nc(C(OC)C(C)C)no1. The van der Waals surface area contributed by atoms with Crippen LogP contribution in [0.1, 0.15) is 32.7 Å². The second-order valence-corrected chi connectivity index (χ2v) is 3.39. The summed E-state index contributed by atoms with van der Waals surface area (Å²) in [5.74, 6) is 0.922. The van der Waals surface area contributed by atoms with Crippen molar-refractivity contribution < 1.29 is 9.26 Å². The Kier molecular flexibility index (Phi) is 3.88. The number of hydrogen-bond donors (Lipinski definition) is 1. The third-order valence-electron chi connectivity index (χ3n) is 1.88. The van der Waals surface area contributed by atoms with Crippen LogP contribution in [-0.4, -0.2) is 23.8 Å². The van der Waals surface area contributed by atoms with E-state index in [0.717, 1.165) is 6.54 Å². The first kappa shape index (κ1) is 11.0. The number of anilines is 1. The first-order valence-electron chi connectivity index (χ1n) is 4.79. The van der Waals surface area contributed by atoms with E-state index in [-0.39, 0.29) is 6.10 Å². The van der Waals surface area contributed by atoms with Crippen molar-refractivity contribution in [2.75, 3.05) is 19.0 Å². The first-order valence-corrected chi connectivity index (χ1v) is 4.79. The third-order valence-corrected chi connectivity index (χ3v) is 1.88. The first-order chi connectivity index (χ1) is 6.69. The van der Waals surface area contributed by atoms with Crippen LogP contribution in [0, 0.1) is 5.92 Å². The fourth-order valence-corrected chi connectivity index (χ4v) is 1.25. The minimum Gasteiger partial charge on any atom is -0.373 e. The van der Waals surface area contributed by atoms with Crippen molar-refractivity contribution in [2.24, 2.45) is 5.92 Å². The fraction of sp³-hybridized carbons (Fsp3) is 0.778. The molecule has 0 radical (unpaired) electrons. The molecule has 1 N–H and O–H groups in total. The standard InChI is InChI=1S/C9H17N3O2/c1-5-10-9-11-8(12-14-9)7(13-4)6(2)3/h6-7H,5H2,1-4H3,(H,10,11,12). The van der Waals surface area contributed by atoms with Gasteiger partial charge in [0.15, 0.2) is 0 Å². The molecule has 5 heteroatoms. The summed E-state index contributed by atoms with van der Waals surface area (Å²) < 4.78 is 10.3. The minimum absolute atomic E-state index is 0.105. The van der Waals surface area contributed by atoms with Crippen LogP contribution >= 0.6 is 0 Å². The van der Waals surface area contributed by atoms with Crippen LogP contribution in [0.2, 0.25) is 0 Å². The molecule has 1 unspecified atom stereocenters. The molecule has 1 atom stereocenters. The van der Waals surface area contributed by atoms with Crippen LogP contribution in [0.15, 0.2) is 4.52 Å². The highest BCUT2D eigenvalue weighted by atomic mass is 16.5. The zero-order valence-corrected chi connectivity index (χ0v) is 9.07. The number of ether oxygens (including phenoxy) is 1. The predicted octanol–water partition coefficient (Wildman–Crippen LogP) is 1.84. The fourth-order valence-electron chi connectivity index (χ4n) is 1.25. The Labute approximate surface area is 83.8 Å². The molecule has 0 saturated carbocycles. The molecule has 0 spiro atoms. The monoisotopic (exact) mass is 199 g/mol. The number of nitrogens with one attached hydrogen (secondary N) is 1.